The quantitative estimate of drug-likeness (QED) is 0.663. The molecule has 0 aliphatic carbocycles. The number of nitrogens with one attached hydrogen (secondary N) is 2. The van der Waals surface area contributed by atoms with E-state index in [-0.39, 0.29) is 19.0 Å². The van der Waals surface area contributed by atoms with E-state index < -0.39 is 5.97 Å². The van der Waals surface area contributed by atoms with Crippen molar-refractivity contribution in [1.29, 1.82) is 0 Å². The molecule has 17 heavy (non-hydrogen) atoms. The summed E-state index contributed by atoms with van der Waals surface area (Å²) in [5.74, 6) is -1.36. The molecule has 1 aromatic carbocycles. The lowest BCUT2D eigenvalue weighted by Gasteiger charge is -2.05. The highest BCUT2D eigenvalue weighted by atomic mass is 16.4. The fourth-order valence-corrected chi connectivity index (χ4v) is 1.38. The van der Waals surface area contributed by atoms with Gasteiger partial charge in [0.25, 0.3) is 0 Å². The van der Waals surface area contributed by atoms with Gasteiger partial charge in [0, 0.05) is 6.54 Å². The summed E-state index contributed by atoms with van der Waals surface area (Å²) in [6.45, 7) is 2.36. The molecule has 1 amide bonds. The lowest BCUT2D eigenvalue weighted by molar-refractivity contribution is -0.137. The van der Waals surface area contributed by atoms with Crippen LogP contribution in [-0.4, -0.2) is 30.1 Å². The molecule has 1 rings (SSSR count). The number of carboxylic acids is 1. The molecule has 0 radical (unpaired) electrons. The molecule has 5 nitrogen and oxygen atoms in total. The van der Waals surface area contributed by atoms with Crippen LogP contribution in [0.4, 0.5) is 0 Å². The minimum atomic E-state index is -1.04. The number of carbonyl (C=O) groups is 2. The average Bonchev–Trinajstić information content (AvgIpc) is 2.26. The summed E-state index contributed by atoms with van der Waals surface area (Å²) in [5, 5.41) is 13.6. The zero-order chi connectivity index (χ0) is 12.7. The van der Waals surface area contributed by atoms with E-state index in [9.17, 15) is 9.59 Å². The monoisotopic (exact) mass is 236 g/mol. The van der Waals surface area contributed by atoms with Gasteiger partial charge in [-0.2, -0.15) is 0 Å². The van der Waals surface area contributed by atoms with E-state index in [2.05, 4.69) is 10.6 Å². The molecule has 5 heteroatoms. The maximum Gasteiger partial charge on any atom is 0.322 e. The van der Waals surface area contributed by atoms with E-state index >= 15 is 0 Å². The molecular formula is C12H16N2O3. The highest BCUT2D eigenvalue weighted by Gasteiger charge is 2.02. The lowest BCUT2D eigenvalue weighted by Crippen LogP contribution is -2.36. The van der Waals surface area contributed by atoms with Crippen molar-refractivity contribution in [2.24, 2.45) is 0 Å². The Morgan fingerprint density at radius 2 is 2.06 bits per heavy atom. The number of hydrogen-bond acceptors (Lipinski definition) is 3. The van der Waals surface area contributed by atoms with Gasteiger partial charge in [-0.15, -0.1) is 0 Å². The minimum absolute atomic E-state index is 0.112. The van der Waals surface area contributed by atoms with Crippen LogP contribution in [0.1, 0.15) is 11.1 Å². The molecule has 0 aliphatic rings. The second kappa shape index (κ2) is 6.65. The molecule has 1 aromatic rings. The molecule has 0 saturated heterocycles. The van der Waals surface area contributed by atoms with Gasteiger partial charge in [0.15, 0.2) is 0 Å². The predicted molar refractivity (Wildman–Crippen MR) is 63.5 cm³/mol. The minimum Gasteiger partial charge on any atom is -0.480 e. The normalized spacial score (nSPS) is 9.94. The molecule has 0 spiro atoms. The Hall–Kier alpha value is -1.88. The molecule has 0 saturated carbocycles. The molecule has 92 valence electrons. The predicted octanol–water partition coefficient (Wildman–Crippen LogP) is 0.285. The molecule has 0 fully saturated rings. The number of aliphatic carboxylic acids is 1. The first-order valence-corrected chi connectivity index (χ1v) is 5.32. The van der Waals surface area contributed by atoms with Crippen LogP contribution < -0.4 is 10.6 Å². The summed E-state index contributed by atoms with van der Waals surface area (Å²) in [6, 6.07) is 7.96. The topological polar surface area (TPSA) is 78.4 Å². The second-order valence-corrected chi connectivity index (χ2v) is 3.76. The van der Waals surface area contributed by atoms with Crippen LogP contribution in [0.3, 0.4) is 0 Å². The van der Waals surface area contributed by atoms with Gasteiger partial charge in [-0.05, 0) is 12.5 Å². The van der Waals surface area contributed by atoms with Crippen LogP contribution in [0.25, 0.3) is 0 Å². The van der Waals surface area contributed by atoms with Gasteiger partial charge in [0.1, 0.15) is 6.54 Å². The van der Waals surface area contributed by atoms with Crippen molar-refractivity contribution in [2.75, 3.05) is 13.1 Å². The SMILES string of the molecule is Cc1cccc(CNCC(=O)NCC(=O)O)c1. The van der Waals surface area contributed by atoms with Crippen molar-refractivity contribution >= 4 is 11.9 Å². The molecular weight excluding hydrogens is 220 g/mol. The molecule has 0 heterocycles. The Bertz CT molecular complexity index is 404. The summed E-state index contributed by atoms with van der Waals surface area (Å²) in [7, 11) is 0. The Kier molecular flexibility index (Phi) is 5.16. The third kappa shape index (κ3) is 5.67. The summed E-state index contributed by atoms with van der Waals surface area (Å²) in [4.78, 5) is 21.4. The van der Waals surface area contributed by atoms with Crippen molar-refractivity contribution in [1.82, 2.24) is 10.6 Å². The number of hydrogen-bond donors (Lipinski definition) is 3. The lowest BCUT2D eigenvalue weighted by atomic mass is 10.1. The van der Waals surface area contributed by atoms with E-state index in [4.69, 9.17) is 5.11 Å². The van der Waals surface area contributed by atoms with Gasteiger partial charge in [0.2, 0.25) is 5.91 Å². The number of aryl methyl sites for hydroxylation is 1. The van der Waals surface area contributed by atoms with Crippen LogP contribution in [0.15, 0.2) is 24.3 Å². The fourth-order valence-electron chi connectivity index (χ4n) is 1.38. The zero-order valence-corrected chi connectivity index (χ0v) is 9.69. The Balaban J connectivity index is 2.23. The van der Waals surface area contributed by atoms with Crippen molar-refractivity contribution in [3.63, 3.8) is 0 Å². The van der Waals surface area contributed by atoms with Crippen molar-refractivity contribution < 1.29 is 14.7 Å². The molecule has 0 bridgehead atoms. The molecule has 0 unspecified atom stereocenters. The first kappa shape index (κ1) is 13.2. The highest BCUT2D eigenvalue weighted by molar-refractivity contribution is 5.82. The Labute approximate surface area is 99.8 Å². The van der Waals surface area contributed by atoms with Crippen molar-refractivity contribution in [3.8, 4) is 0 Å². The van der Waals surface area contributed by atoms with E-state index in [1.54, 1.807) is 0 Å². The number of benzene rings is 1. The number of amides is 1. The largest absolute Gasteiger partial charge is 0.480 e. The fraction of sp³-hybridized carbons (Fsp3) is 0.333. The van der Waals surface area contributed by atoms with Crippen LogP contribution >= 0.6 is 0 Å². The van der Waals surface area contributed by atoms with Crippen molar-refractivity contribution in [2.45, 2.75) is 13.5 Å². The van der Waals surface area contributed by atoms with E-state index in [1.807, 2.05) is 31.2 Å². The van der Waals surface area contributed by atoms with Gasteiger partial charge < -0.3 is 15.7 Å². The van der Waals surface area contributed by atoms with E-state index in [0.717, 1.165) is 5.56 Å². The summed E-state index contributed by atoms with van der Waals surface area (Å²) >= 11 is 0. The summed E-state index contributed by atoms with van der Waals surface area (Å²) in [6.07, 6.45) is 0. The van der Waals surface area contributed by atoms with Crippen LogP contribution in [0.5, 0.6) is 0 Å². The average molecular weight is 236 g/mol. The Morgan fingerprint density at radius 1 is 1.29 bits per heavy atom. The van der Waals surface area contributed by atoms with Crippen LogP contribution in [0, 0.1) is 6.92 Å². The van der Waals surface area contributed by atoms with E-state index in [0.29, 0.717) is 6.54 Å². The Morgan fingerprint density at radius 3 is 2.71 bits per heavy atom. The third-order valence-electron chi connectivity index (χ3n) is 2.13. The van der Waals surface area contributed by atoms with Crippen LogP contribution in [0.2, 0.25) is 0 Å². The first-order chi connectivity index (χ1) is 8.08. The highest BCUT2D eigenvalue weighted by Crippen LogP contribution is 2.02. The van der Waals surface area contributed by atoms with Gasteiger partial charge in [-0.1, -0.05) is 29.8 Å². The number of carboxylic acid groups (broad SMARTS) is 1. The van der Waals surface area contributed by atoms with Crippen LogP contribution in [-0.2, 0) is 16.1 Å². The van der Waals surface area contributed by atoms with Crippen molar-refractivity contribution in [3.05, 3.63) is 35.4 Å². The van der Waals surface area contributed by atoms with Gasteiger partial charge in [0.05, 0.1) is 6.54 Å². The number of carbonyl (C=O) groups excluding carboxylic acids is 1. The number of rotatable bonds is 6. The first-order valence-electron chi connectivity index (χ1n) is 5.32. The van der Waals surface area contributed by atoms with Gasteiger partial charge in [-0.25, -0.2) is 0 Å². The maximum atomic E-state index is 11.2. The molecule has 0 aromatic heterocycles. The third-order valence-corrected chi connectivity index (χ3v) is 2.13. The molecule has 3 N–H and O–H groups in total. The molecule has 0 aliphatic heterocycles. The standard InChI is InChI=1S/C12H16N2O3/c1-9-3-2-4-10(5-9)6-13-7-11(15)14-8-12(16)17/h2-5,13H,6-8H2,1H3,(H,14,15)(H,16,17). The zero-order valence-electron chi connectivity index (χ0n) is 9.69. The second-order valence-electron chi connectivity index (χ2n) is 3.76. The van der Waals surface area contributed by atoms with Gasteiger partial charge in [-0.3, -0.25) is 9.59 Å². The summed E-state index contributed by atoms with van der Waals surface area (Å²) in [5.41, 5.74) is 2.26. The maximum absolute atomic E-state index is 11.2. The molecule has 0 atom stereocenters. The smallest absolute Gasteiger partial charge is 0.322 e. The summed E-state index contributed by atoms with van der Waals surface area (Å²) < 4.78 is 0. The van der Waals surface area contributed by atoms with Gasteiger partial charge >= 0.3 is 5.97 Å². The van der Waals surface area contributed by atoms with E-state index in [1.165, 1.54) is 5.56 Å².